The Bertz CT molecular complexity index is 573. The lowest BCUT2D eigenvalue weighted by Gasteiger charge is -2.37. The molecule has 2 aliphatic rings. The van der Waals surface area contributed by atoms with Crippen molar-refractivity contribution in [2.24, 2.45) is 23.7 Å². The maximum Gasteiger partial charge on any atom is 0.251 e. The number of rotatable bonds is 1. The Balaban J connectivity index is 0.000000185. The van der Waals surface area contributed by atoms with Gasteiger partial charge in [0, 0.05) is 35.3 Å². The molecule has 0 aliphatic heterocycles. The number of nitrogens with zero attached hydrogens (tertiary/aromatic N) is 1. The molecule has 5 heteroatoms. The van der Waals surface area contributed by atoms with Gasteiger partial charge in [0.2, 0.25) is 0 Å². The Labute approximate surface area is 144 Å². The molecule has 4 atom stereocenters. The van der Waals surface area contributed by atoms with Gasteiger partial charge < -0.3 is 0 Å². The van der Waals surface area contributed by atoms with Crippen molar-refractivity contribution in [3.05, 3.63) is 35.1 Å². The predicted octanol–water partition coefficient (Wildman–Crippen LogP) is 5.38. The molecule has 3 rings (SSSR count). The first kappa shape index (κ1) is 18.2. The highest BCUT2D eigenvalue weighted by Crippen LogP contribution is 2.51. The molecule has 0 bridgehead atoms. The van der Waals surface area contributed by atoms with Crippen LogP contribution in [0.2, 0.25) is 0 Å². The van der Waals surface area contributed by atoms with Gasteiger partial charge in [-0.1, -0.05) is 20.4 Å². The minimum atomic E-state index is -2.62. The number of ketones is 1. The number of alkyl halides is 2. The van der Waals surface area contributed by atoms with Crippen LogP contribution in [0.25, 0.3) is 6.08 Å². The third-order valence-electron chi connectivity index (χ3n) is 4.98. The third-order valence-corrected chi connectivity index (χ3v) is 5.45. The average Bonchev–Trinajstić information content (AvgIpc) is 2.75. The summed E-state index contributed by atoms with van der Waals surface area (Å²) in [7, 11) is 0. The van der Waals surface area contributed by atoms with Crippen LogP contribution < -0.4 is 0 Å². The Morgan fingerprint density at radius 2 is 2.09 bits per heavy atom. The van der Waals surface area contributed by atoms with Gasteiger partial charge in [-0.2, -0.15) is 0 Å². The van der Waals surface area contributed by atoms with Crippen molar-refractivity contribution < 1.29 is 13.6 Å². The lowest BCUT2D eigenvalue weighted by atomic mass is 9.72. The van der Waals surface area contributed by atoms with Crippen molar-refractivity contribution in [3.8, 4) is 0 Å². The van der Waals surface area contributed by atoms with E-state index < -0.39 is 11.8 Å². The molecule has 2 nitrogen and oxygen atoms in total. The standard InChI is InChI=1S/C11H16F2O.C7H6BrN/c1-6-3-10(14)9-5-11(12,13)7(2)4-8(6)9;1-2-7-4-3-6(8)5-9-7/h6-9H,3-5H2,1-2H3;2-5H,1H2. The SMILES string of the molecule is C=Cc1ccc(Br)cn1.CC1CC(=O)C2CC(F)(F)C(C)CC12. The van der Waals surface area contributed by atoms with Gasteiger partial charge in [-0.3, -0.25) is 9.78 Å². The maximum absolute atomic E-state index is 13.4. The molecule has 0 radical (unpaired) electrons. The first-order valence-electron chi connectivity index (χ1n) is 7.89. The number of Topliss-reactive ketones (excluding diaryl/α,β-unsaturated/α-hetero) is 1. The lowest BCUT2D eigenvalue weighted by molar-refractivity contribution is -0.136. The molecule has 2 saturated carbocycles. The van der Waals surface area contributed by atoms with Crippen molar-refractivity contribution in [1.29, 1.82) is 0 Å². The zero-order valence-electron chi connectivity index (χ0n) is 13.4. The van der Waals surface area contributed by atoms with E-state index in [1.165, 1.54) is 0 Å². The summed E-state index contributed by atoms with van der Waals surface area (Å²) in [5.41, 5.74) is 0.901. The van der Waals surface area contributed by atoms with E-state index in [0.29, 0.717) is 18.8 Å². The molecule has 0 saturated heterocycles. The minimum absolute atomic E-state index is 0.0640. The van der Waals surface area contributed by atoms with Gasteiger partial charge in [0.05, 0.1) is 5.69 Å². The molecule has 1 heterocycles. The number of carbonyl (C=O) groups excluding carboxylic acids is 1. The van der Waals surface area contributed by atoms with Crippen LogP contribution in [0.3, 0.4) is 0 Å². The normalized spacial score (nSPS) is 31.8. The number of hydrogen-bond acceptors (Lipinski definition) is 2. The number of aromatic nitrogens is 1. The van der Waals surface area contributed by atoms with Crippen LogP contribution in [0.15, 0.2) is 29.4 Å². The monoisotopic (exact) mass is 385 g/mol. The quantitative estimate of drug-likeness (QED) is 0.649. The molecule has 4 unspecified atom stereocenters. The molecule has 2 aliphatic carbocycles. The zero-order chi connectivity index (χ0) is 17.2. The molecule has 0 aromatic carbocycles. The van der Waals surface area contributed by atoms with E-state index in [1.807, 2.05) is 19.1 Å². The number of halogens is 3. The van der Waals surface area contributed by atoms with Crippen LogP contribution in [0.5, 0.6) is 0 Å². The molecule has 1 aromatic heterocycles. The number of pyridine rings is 1. The van der Waals surface area contributed by atoms with Gasteiger partial charge in [0.15, 0.2) is 0 Å². The second kappa shape index (κ2) is 7.20. The summed E-state index contributed by atoms with van der Waals surface area (Å²) in [5, 5.41) is 0. The van der Waals surface area contributed by atoms with Crippen molar-refractivity contribution in [3.63, 3.8) is 0 Å². The highest BCUT2D eigenvalue weighted by molar-refractivity contribution is 9.10. The largest absolute Gasteiger partial charge is 0.299 e. The fraction of sp³-hybridized carbons (Fsp3) is 0.556. The topological polar surface area (TPSA) is 30.0 Å². The van der Waals surface area contributed by atoms with E-state index in [9.17, 15) is 13.6 Å². The van der Waals surface area contributed by atoms with Gasteiger partial charge in [-0.15, -0.1) is 0 Å². The number of carbonyl (C=O) groups is 1. The van der Waals surface area contributed by atoms with Gasteiger partial charge in [0.25, 0.3) is 5.92 Å². The molecule has 23 heavy (non-hydrogen) atoms. The van der Waals surface area contributed by atoms with Gasteiger partial charge in [-0.25, -0.2) is 8.78 Å². The van der Waals surface area contributed by atoms with Crippen LogP contribution in [-0.4, -0.2) is 16.7 Å². The van der Waals surface area contributed by atoms with Gasteiger partial charge in [-0.05, 0) is 52.4 Å². The van der Waals surface area contributed by atoms with Crippen molar-refractivity contribution >= 4 is 27.8 Å². The van der Waals surface area contributed by atoms with Crippen molar-refractivity contribution in [1.82, 2.24) is 4.98 Å². The molecule has 126 valence electrons. The number of fused-ring (bicyclic) bond motifs is 1. The molecule has 1 aromatic rings. The third kappa shape index (κ3) is 4.25. The van der Waals surface area contributed by atoms with Crippen LogP contribution in [-0.2, 0) is 4.79 Å². The highest BCUT2D eigenvalue weighted by atomic mass is 79.9. The fourth-order valence-electron chi connectivity index (χ4n) is 3.50. The summed E-state index contributed by atoms with van der Waals surface area (Å²) in [5.74, 6) is -2.94. The zero-order valence-corrected chi connectivity index (χ0v) is 15.0. The van der Waals surface area contributed by atoms with Crippen LogP contribution in [0, 0.1) is 23.7 Å². The van der Waals surface area contributed by atoms with Crippen LogP contribution in [0.4, 0.5) is 8.78 Å². The van der Waals surface area contributed by atoms with E-state index in [2.05, 4.69) is 27.5 Å². The highest BCUT2D eigenvalue weighted by Gasteiger charge is 2.53. The summed E-state index contributed by atoms with van der Waals surface area (Å²) in [6.45, 7) is 7.20. The summed E-state index contributed by atoms with van der Waals surface area (Å²) < 4.78 is 27.8. The fourth-order valence-corrected chi connectivity index (χ4v) is 3.73. The molecular formula is C18H22BrF2NO. The minimum Gasteiger partial charge on any atom is -0.299 e. The van der Waals surface area contributed by atoms with E-state index in [4.69, 9.17) is 0 Å². The molecule has 2 fully saturated rings. The van der Waals surface area contributed by atoms with Gasteiger partial charge >= 0.3 is 0 Å². The maximum atomic E-state index is 13.4. The van der Waals surface area contributed by atoms with E-state index >= 15 is 0 Å². The van der Waals surface area contributed by atoms with Crippen molar-refractivity contribution in [2.75, 3.05) is 0 Å². The number of hydrogen-bond donors (Lipinski definition) is 0. The molecule has 0 spiro atoms. The van der Waals surface area contributed by atoms with Crippen molar-refractivity contribution in [2.45, 2.75) is 39.0 Å². The molecular weight excluding hydrogens is 364 g/mol. The predicted molar refractivity (Wildman–Crippen MR) is 91.1 cm³/mol. The Morgan fingerprint density at radius 1 is 1.39 bits per heavy atom. The summed E-state index contributed by atoms with van der Waals surface area (Å²) in [6, 6.07) is 3.83. The Hall–Kier alpha value is -1.10. The first-order valence-corrected chi connectivity index (χ1v) is 8.68. The van der Waals surface area contributed by atoms with E-state index in [0.717, 1.165) is 10.2 Å². The lowest BCUT2D eigenvalue weighted by Crippen LogP contribution is -2.39. The molecule has 0 N–H and O–H groups in total. The van der Waals surface area contributed by atoms with E-state index in [-0.39, 0.29) is 24.0 Å². The first-order chi connectivity index (χ1) is 10.7. The van der Waals surface area contributed by atoms with Gasteiger partial charge in [0.1, 0.15) is 5.78 Å². The summed E-state index contributed by atoms with van der Waals surface area (Å²) in [4.78, 5) is 15.5. The molecule has 0 amide bonds. The average molecular weight is 386 g/mol. The summed E-state index contributed by atoms with van der Waals surface area (Å²) >= 11 is 3.28. The Kier molecular flexibility index (Phi) is 5.71. The van der Waals surface area contributed by atoms with Crippen LogP contribution in [0.1, 0.15) is 38.8 Å². The second-order valence-corrected chi connectivity index (χ2v) is 7.54. The van der Waals surface area contributed by atoms with E-state index in [1.54, 1.807) is 19.2 Å². The smallest absolute Gasteiger partial charge is 0.251 e. The van der Waals surface area contributed by atoms with Crippen LogP contribution >= 0.6 is 15.9 Å². The Morgan fingerprint density at radius 3 is 2.65 bits per heavy atom. The second-order valence-electron chi connectivity index (χ2n) is 6.63. The summed E-state index contributed by atoms with van der Waals surface area (Å²) in [6.07, 6.45) is 4.29.